The van der Waals surface area contributed by atoms with Crippen LogP contribution >= 0.6 is 22.9 Å². The van der Waals surface area contributed by atoms with Crippen LogP contribution in [0.15, 0.2) is 10.3 Å². The third kappa shape index (κ3) is 3.13. The maximum atomic E-state index is 12.6. The van der Waals surface area contributed by atoms with Crippen molar-refractivity contribution in [2.75, 3.05) is 13.2 Å². The quantitative estimate of drug-likeness (QED) is 0.875. The maximum absolute atomic E-state index is 12.6. The van der Waals surface area contributed by atoms with Crippen molar-refractivity contribution in [2.45, 2.75) is 42.9 Å². The molecule has 1 heterocycles. The number of aliphatic hydroxyl groups is 1. The molecule has 0 radical (unpaired) electrons. The Morgan fingerprint density at radius 2 is 2.21 bits per heavy atom. The van der Waals surface area contributed by atoms with Crippen LogP contribution < -0.4 is 0 Å². The van der Waals surface area contributed by atoms with E-state index in [9.17, 15) is 8.42 Å². The number of sulfonamides is 1. The molecule has 0 bridgehead atoms. The number of aryl methyl sites for hydroxylation is 1. The Hall–Kier alpha value is -0.140. The fourth-order valence-corrected chi connectivity index (χ4v) is 5.64. The summed E-state index contributed by atoms with van der Waals surface area (Å²) in [4.78, 5) is 0. The van der Waals surface area contributed by atoms with Crippen LogP contribution in [0.4, 0.5) is 0 Å². The SMILES string of the molecule is Cc1cc(S(=O)(=O)N(CCCO)C2CCC2)sc1Cl. The second-order valence-electron chi connectivity index (χ2n) is 4.80. The molecule has 0 unspecified atom stereocenters. The lowest BCUT2D eigenvalue weighted by Crippen LogP contribution is -2.44. The van der Waals surface area contributed by atoms with Crippen molar-refractivity contribution in [3.8, 4) is 0 Å². The predicted octanol–water partition coefficient (Wildman–Crippen LogP) is 2.64. The van der Waals surface area contributed by atoms with Crippen LogP contribution in [0.5, 0.6) is 0 Å². The molecule has 4 nitrogen and oxygen atoms in total. The number of rotatable bonds is 6. The van der Waals surface area contributed by atoms with E-state index in [0.717, 1.165) is 36.2 Å². The Kier molecular flexibility index (Phi) is 4.89. The fraction of sp³-hybridized carbons (Fsp3) is 0.667. The molecule has 0 amide bonds. The van der Waals surface area contributed by atoms with Crippen molar-refractivity contribution in [2.24, 2.45) is 0 Å². The molecule has 1 aromatic rings. The van der Waals surface area contributed by atoms with Gasteiger partial charge in [-0.15, -0.1) is 11.3 Å². The lowest BCUT2D eigenvalue weighted by molar-refractivity contribution is 0.199. The summed E-state index contributed by atoms with van der Waals surface area (Å²) in [5.41, 5.74) is 0.793. The molecule has 19 heavy (non-hydrogen) atoms. The van der Waals surface area contributed by atoms with Gasteiger partial charge in [0.1, 0.15) is 4.21 Å². The van der Waals surface area contributed by atoms with Crippen molar-refractivity contribution in [3.05, 3.63) is 16.0 Å². The highest BCUT2D eigenvalue weighted by Gasteiger charge is 2.35. The van der Waals surface area contributed by atoms with Crippen LogP contribution in [0, 0.1) is 6.92 Å². The molecule has 1 fully saturated rings. The van der Waals surface area contributed by atoms with Gasteiger partial charge in [-0.3, -0.25) is 0 Å². The van der Waals surface area contributed by atoms with Gasteiger partial charge in [-0.1, -0.05) is 18.0 Å². The number of hydrogen-bond acceptors (Lipinski definition) is 4. The van der Waals surface area contributed by atoms with Gasteiger partial charge in [0.05, 0.1) is 4.34 Å². The van der Waals surface area contributed by atoms with E-state index < -0.39 is 10.0 Å². The third-order valence-electron chi connectivity index (χ3n) is 3.42. The fourth-order valence-electron chi connectivity index (χ4n) is 2.07. The van der Waals surface area contributed by atoms with Crippen molar-refractivity contribution >= 4 is 33.0 Å². The van der Waals surface area contributed by atoms with Gasteiger partial charge in [0.25, 0.3) is 10.0 Å². The number of nitrogens with zero attached hydrogens (tertiary/aromatic N) is 1. The topological polar surface area (TPSA) is 57.6 Å². The summed E-state index contributed by atoms with van der Waals surface area (Å²) in [7, 11) is -3.48. The highest BCUT2D eigenvalue weighted by molar-refractivity contribution is 7.91. The minimum absolute atomic E-state index is 0.00294. The van der Waals surface area contributed by atoms with Crippen LogP contribution in [0.1, 0.15) is 31.2 Å². The van der Waals surface area contributed by atoms with Crippen LogP contribution in [-0.4, -0.2) is 37.0 Å². The van der Waals surface area contributed by atoms with Gasteiger partial charge in [-0.25, -0.2) is 8.42 Å². The largest absolute Gasteiger partial charge is 0.396 e. The van der Waals surface area contributed by atoms with Crippen LogP contribution in [0.25, 0.3) is 0 Å². The normalized spacial score (nSPS) is 16.8. The summed E-state index contributed by atoms with van der Waals surface area (Å²) >= 11 is 7.08. The Morgan fingerprint density at radius 3 is 2.63 bits per heavy atom. The monoisotopic (exact) mass is 323 g/mol. The van der Waals surface area contributed by atoms with Gasteiger partial charge < -0.3 is 5.11 Å². The van der Waals surface area contributed by atoms with Crippen LogP contribution in [0.2, 0.25) is 4.34 Å². The van der Waals surface area contributed by atoms with E-state index in [1.807, 2.05) is 0 Å². The lowest BCUT2D eigenvalue weighted by Gasteiger charge is -2.36. The van der Waals surface area contributed by atoms with E-state index in [2.05, 4.69) is 0 Å². The molecule has 1 N–H and O–H groups in total. The first-order chi connectivity index (χ1) is 8.96. The highest BCUT2D eigenvalue weighted by atomic mass is 35.5. The lowest BCUT2D eigenvalue weighted by atomic mass is 9.93. The molecule has 0 aliphatic heterocycles. The van der Waals surface area contributed by atoms with Gasteiger partial charge in [-0.05, 0) is 37.8 Å². The summed E-state index contributed by atoms with van der Waals surface area (Å²) in [6, 6.07) is 1.71. The maximum Gasteiger partial charge on any atom is 0.252 e. The molecule has 0 spiro atoms. The van der Waals surface area contributed by atoms with Gasteiger partial charge >= 0.3 is 0 Å². The molecular formula is C12H18ClNO3S2. The van der Waals surface area contributed by atoms with Gasteiger partial charge in [0.2, 0.25) is 0 Å². The predicted molar refractivity (Wildman–Crippen MR) is 77.3 cm³/mol. The molecule has 1 aliphatic rings. The molecule has 1 aromatic heterocycles. The Bertz CT molecular complexity index is 518. The average molecular weight is 324 g/mol. The number of aliphatic hydroxyl groups excluding tert-OH is 1. The molecule has 108 valence electrons. The first kappa shape index (κ1) is 15.3. The Labute approximate surface area is 123 Å². The molecule has 0 aromatic carbocycles. The van der Waals surface area contributed by atoms with E-state index in [1.165, 1.54) is 4.31 Å². The van der Waals surface area contributed by atoms with Crippen molar-refractivity contribution in [1.29, 1.82) is 0 Å². The Balaban J connectivity index is 2.27. The van der Waals surface area contributed by atoms with E-state index >= 15 is 0 Å². The van der Waals surface area contributed by atoms with Crippen LogP contribution in [-0.2, 0) is 10.0 Å². The standard InChI is InChI=1S/C12H18ClNO3S2/c1-9-8-11(18-12(9)13)19(16,17)14(6-3-7-15)10-4-2-5-10/h8,10,15H,2-7H2,1H3. The molecule has 1 aliphatic carbocycles. The zero-order chi connectivity index (χ0) is 14.0. The Morgan fingerprint density at radius 1 is 1.53 bits per heavy atom. The number of halogens is 1. The minimum atomic E-state index is -3.48. The van der Waals surface area contributed by atoms with E-state index in [0.29, 0.717) is 21.5 Å². The zero-order valence-electron chi connectivity index (χ0n) is 10.8. The average Bonchev–Trinajstić information content (AvgIpc) is 2.63. The molecule has 0 saturated heterocycles. The smallest absolute Gasteiger partial charge is 0.252 e. The van der Waals surface area contributed by atoms with E-state index in [-0.39, 0.29) is 12.6 Å². The van der Waals surface area contributed by atoms with Crippen molar-refractivity contribution < 1.29 is 13.5 Å². The summed E-state index contributed by atoms with van der Waals surface area (Å²) in [6.45, 7) is 2.18. The van der Waals surface area contributed by atoms with Gasteiger partial charge in [-0.2, -0.15) is 4.31 Å². The molecule has 2 rings (SSSR count). The summed E-state index contributed by atoms with van der Waals surface area (Å²) < 4.78 is 27.6. The summed E-state index contributed by atoms with van der Waals surface area (Å²) in [6.07, 6.45) is 3.35. The molecule has 7 heteroatoms. The second-order valence-corrected chi connectivity index (χ2v) is 8.57. The first-order valence-electron chi connectivity index (χ1n) is 6.35. The molecule has 1 saturated carbocycles. The van der Waals surface area contributed by atoms with Crippen LogP contribution in [0.3, 0.4) is 0 Å². The van der Waals surface area contributed by atoms with Crippen molar-refractivity contribution in [1.82, 2.24) is 4.31 Å². The van der Waals surface area contributed by atoms with Gasteiger partial charge in [0.15, 0.2) is 0 Å². The number of hydrogen-bond donors (Lipinski definition) is 1. The minimum Gasteiger partial charge on any atom is -0.396 e. The van der Waals surface area contributed by atoms with Gasteiger partial charge in [0, 0.05) is 19.2 Å². The zero-order valence-corrected chi connectivity index (χ0v) is 13.2. The van der Waals surface area contributed by atoms with E-state index in [4.69, 9.17) is 16.7 Å². The van der Waals surface area contributed by atoms with E-state index in [1.54, 1.807) is 13.0 Å². The third-order valence-corrected chi connectivity index (χ3v) is 7.37. The summed E-state index contributed by atoms with van der Waals surface area (Å²) in [5, 5.41) is 8.93. The second kappa shape index (κ2) is 6.10. The van der Waals surface area contributed by atoms with Crippen molar-refractivity contribution in [3.63, 3.8) is 0 Å². The number of thiophene rings is 1. The molecule has 0 atom stereocenters. The summed E-state index contributed by atoms with van der Waals surface area (Å²) in [5.74, 6) is 0. The first-order valence-corrected chi connectivity index (χ1v) is 8.99. The highest BCUT2D eigenvalue weighted by Crippen LogP contribution is 2.35. The molecular weight excluding hydrogens is 306 g/mol.